The van der Waals surface area contributed by atoms with Crippen molar-refractivity contribution in [2.45, 2.75) is 25.0 Å². The normalized spacial score (nSPS) is 14.4. The second-order valence-corrected chi connectivity index (χ2v) is 2.87. The zero-order valence-corrected chi connectivity index (χ0v) is 7.76. The lowest BCUT2D eigenvalue weighted by Gasteiger charge is -2.12. The maximum absolute atomic E-state index is 10.6. The fraction of sp³-hybridized carbons (Fsp3) is 0.714. The Bertz CT molecular complexity index is 215. The first-order chi connectivity index (χ1) is 6.47. The van der Waals surface area contributed by atoms with Gasteiger partial charge in [0.15, 0.2) is 12.0 Å². The van der Waals surface area contributed by atoms with Crippen molar-refractivity contribution in [3.63, 3.8) is 0 Å². The summed E-state index contributed by atoms with van der Waals surface area (Å²) >= 11 is 0. The van der Waals surface area contributed by atoms with Crippen LogP contribution in [0.15, 0.2) is 4.99 Å². The molecule has 0 spiro atoms. The summed E-state index contributed by atoms with van der Waals surface area (Å²) in [5.41, 5.74) is 15.3. The average molecular weight is 204 g/mol. The first-order valence-electron chi connectivity index (χ1n) is 4.17. The molecule has 0 saturated carbocycles. The molecule has 0 aliphatic carbocycles. The summed E-state index contributed by atoms with van der Waals surface area (Å²) in [7, 11) is 0. The largest absolute Gasteiger partial charge is 0.480 e. The Kier molecular flexibility index (Phi) is 5.58. The molecule has 0 aromatic heterocycles. The molecule has 0 saturated heterocycles. The maximum Gasteiger partial charge on any atom is 0.328 e. The van der Waals surface area contributed by atoms with Crippen molar-refractivity contribution in [3.8, 4) is 0 Å². The summed E-state index contributed by atoms with van der Waals surface area (Å²) in [5, 5.41) is 18.0. The van der Waals surface area contributed by atoms with Crippen LogP contribution in [0.25, 0.3) is 0 Å². The Morgan fingerprint density at radius 3 is 2.36 bits per heavy atom. The number of carbonyl (C=O) groups is 1. The molecule has 7 nitrogen and oxygen atoms in total. The summed E-state index contributed by atoms with van der Waals surface area (Å²) in [5.74, 6) is -1.48. The van der Waals surface area contributed by atoms with Gasteiger partial charge in [-0.3, -0.25) is 0 Å². The minimum atomic E-state index is -1.17. The van der Waals surface area contributed by atoms with Gasteiger partial charge in [0.2, 0.25) is 0 Å². The third-order valence-electron chi connectivity index (χ3n) is 1.59. The van der Waals surface area contributed by atoms with Gasteiger partial charge in [-0.2, -0.15) is 0 Å². The van der Waals surface area contributed by atoms with Gasteiger partial charge in [0, 0.05) is 6.42 Å². The Morgan fingerprint density at radius 1 is 1.43 bits per heavy atom. The van der Waals surface area contributed by atoms with E-state index in [0.717, 1.165) is 0 Å². The summed E-state index contributed by atoms with van der Waals surface area (Å²) < 4.78 is 0. The van der Waals surface area contributed by atoms with Gasteiger partial charge in [-0.25, -0.2) is 9.79 Å². The molecule has 0 rings (SSSR count). The van der Waals surface area contributed by atoms with Gasteiger partial charge in [-0.15, -0.1) is 0 Å². The van der Waals surface area contributed by atoms with Crippen LogP contribution in [-0.4, -0.2) is 40.8 Å². The number of carboxylic acids is 1. The van der Waals surface area contributed by atoms with Gasteiger partial charge in [0.1, 0.15) is 0 Å². The van der Waals surface area contributed by atoms with E-state index >= 15 is 0 Å². The zero-order chi connectivity index (χ0) is 11.1. The van der Waals surface area contributed by atoms with Crippen LogP contribution in [0.3, 0.4) is 0 Å². The molecule has 7 heteroatoms. The molecular weight excluding hydrogens is 188 g/mol. The molecule has 0 aliphatic heterocycles. The highest BCUT2D eigenvalue weighted by Gasteiger charge is 2.20. The van der Waals surface area contributed by atoms with Gasteiger partial charge >= 0.3 is 5.97 Å². The van der Waals surface area contributed by atoms with Crippen molar-refractivity contribution < 1.29 is 15.0 Å². The molecule has 0 bridgehead atoms. The van der Waals surface area contributed by atoms with E-state index in [4.69, 9.17) is 22.3 Å². The number of nitrogens with zero attached hydrogens (tertiary/aromatic N) is 1. The van der Waals surface area contributed by atoms with Crippen LogP contribution in [-0.2, 0) is 4.79 Å². The Morgan fingerprint density at radius 2 is 2.00 bits per heavy atom. The molecule has 0 amide bonds. The quantitative estimate of drug-likeness (QED) is 0.245. The number of aliphatic hydroxyl groups is 1. The minimum Gasteiger partial charge on any atom is -0.480 e. The van der Waals surface area contributed by atoms with Crippen LogP contribution < -0.4 is 17.2 Å². The van der Waals surface area contributed by atoms with E-state index in [2.05, 4.69) is 4.99 Å². The highest BCUT2D eigenvalue weighted by Crippen LogP contribution is 2.05. The van der Waals surface area contributed by atoms with Crippen molar-refractivity contribution in [2.24, 2.45) is 22.2 Å². The molecule has 2 unspecified atom stereocenters. The van der Waals surface area contributed by atoms with Crippen LogP contribution in [0.4, 0.5) is 0 Å². The molecule has 8 N–H and O–H groups in total. The number of hydrogen-bond donors (Lipinski definition) is 5. The van der Waals surface area contributed by atoms with Crippen molar-refractivity contribution in [3.05, 3.63) is 0 Å². The van der Waals surface area contributed by atoms with Gasteiger partial charge in [0.05, 0.1) is 6.10 Å². The summed E-state index contributed by atoms with van der Waals surface area (Å²) in [4.78, 5) is 14.1. The van der Waals surface area contributed by atoms with Gasteiger partial charge < -0.3 is 27.4 Å². The standard InChI is InChI=1S/C7H16N4O3/c8-2-1-4(12)3-5(6(13)14)11-7(9)10/h4-5,12H,1-3,8H2,(H,13,14)(H4,9,10,11). The van der Waals surface area contributed by atoms with Crippen molar-refractivity contribution in [2.75, 3.05) is 6.54 Å². The highest BCUT2D eigenvalue weighted by atomic mass is 16.4. The number of rotatable bonds is 6. The van der Waals surface area contributed by atoms with Crippen molar-refractivity contribution in [1.29, 1.82) is 0 Å². The molecule has 0 fully saturated rings. The highest BCUT2D eigenvalue weighted by molar-refractivity contribution is 5.81. The lowest BCUT2D eigenvalue weighted by molar-refractivity contribution is -0.139. The van der Waals surface area contributed by atoms with Crippen LogP contribution in [0.1, 0.15) is 12.8 Å². The Balaban J connectivity index is 4.24. The van der Waals surface area contributed by atoms with E-state index in [0.29, 0.717) is 6.42 Å². The lowest BCUT2D eigenvalue weighted by atomic mass is 10.1. The lowest BCUT2D eigenvalue weighted by Crippen LogP contribution is -2.31. The maximum atomic E-state index is 10.6. The first kappa shape index (κ1) is 12.7. The van der Waals surface area contributed by atoms with Crippen LogP contribution in [0.5, 0.6) is 0 Å². The topological polar surface area (TPSA) is 148 Å². The smallest absolute Gasteiger partial charge is 0.328 e. The van der Waals surface area contributed by atoms with Crippen molar-refractivity contribution in [1.82, 2.24) is 0 Å². The molecule has 2 atom stereocenters. The number of aliphatic imine (C=N–C) groups is 1. The molecule has 0 radical (unpaired) electrons. The predicted molar refractivity (Wildman–Crippen MR) is 51.5 cm³/mol. The third kappa shape index (κ3) is 5.33. The molecule has 0 aromatic rings. The molecular formula is C7H16N4O3. The monoisotopic (exact) mass is 204 g/mol. The predicted octanol–water partition coefficient (Wildman–Crippen LogP) is -2.19. The second kappa shape index (κ2) is 6.17. The summed E-state index contributed by atoms with van der Waals surface area (Å²) in [6.45, 7) is 0.287. The SMILES string of the molecule is NCCC(O)CC(N=C(N)N)C(=O)O. The molecule has 14 heavy (non-hydrogen) atoms. The number of aliphatic carboxylic acids is 1. The fourth-order valence-corrected chi connectivity index (χ4v) is 0.957. The molecule has 0 heterocycles. The van der Waals surface area contributed by atoms with E-state index in [-0.39, 0.29) is 18.9 Å². The van der Waals surface area contributed by atoms with Gasteiger partial charge in [0.25, 0.3) is 0 Å². The van der Waals surface area contributed by atoms with E-state index in [1.165, 1.54) is 0 Å². The third-order valence-corrected chi connectivity index (χ3v) is 1.59. The Labute approximate surface area is 81.6 Å². The summed E-state index contributed by atoms with van der Waals surface area (Å²) in [6.07, 6.45) is -0.516. The zero-order valence-electron chi connectivity index (χ0n) is 7.76. The fourth-order valence-electron chi connectivity index (χ4n) is 0.957. The molecule has 0 aliphatic rings. The second-order valence-electron chi connectivity index (χ2n) is 2.87. The minimum absolute atomic E-state index is 0.0373. The van der Waals surface area contributed by atoms with E-state index in [1.54, 1.807) is 0 Å². The number of aliphatic hydroxyl groups excluding tert-OH is 1. The first-order valence-corrected chi connectivity index (χ1v) is 4.17. The summed E-state index contributed by atoms with van der Waals surface area (Å²) in [6, 6.07) is -1.11. The number of hydrogen-bond acceptors (Lipinski definition) is 4. The Hall–Kier alpha value is -1.34. The van der Waals surface area contributed by atoms with Crippen LogP contribution in [0.2, 0.25) is 0 Å². The van der Waals surface area contributed by atoms with E-state index in [9.17, 15) is 9.90 Å². The molecule has 0 aromatic carbocycles. The molecule has 82 valence electrons. The van der Waals surface area contributed by atoms with Crippen LogP contribution >= 0.6 is 0 Å². The van der Waals surface area contributed by atoms with Crippen molar-refractivity contribution >= 4 is 11.9 Å². The van der Waals surface area contributed by atoms with E-state index in [1.807, 2.05) is 0 Å². The van der Waals surface area contributed by atoms with E-state index < -0.39 is 18.1 Å². The van der Waals surface area contributed by atoms with Crippen LogP contribution in [0, 0.1) is 0 Å². The average Bonchev–Trinajstić information content (AvgIpc) is 2.02. The number of guanidine groups is 1. The number of nitrogens with two attached hydrogens (primary N) is 3. The number of carboxylic acid groups (broad SMARTS) is 1. The van der Waals surface area contributed by atoms with Gasteiger partial charge in [-0.05, 0) is 13.0 Å². The van der Waals surface area contributed by atoms with Gasteiger partial charge in [-0.1, -0.05) is 0 Å².